The molecule has 1 fully saturated rings. The third-order valence-corrected chi connectivity index (χ3v) is 5.56. The van der Waals surface area contributed by atoms with Gasteiger partial charge in [0.2, 0.25) is 0 Å². The van der Waals surface area contributed by atoms with Gasteiger partial charge < -0.3 is 0 Å². The highest BCUT2D eigenvalue weighted by Crippen LogP contribution is 2.36. The number of nitrogens with zero attached hydrogens (tertiary/aromatic N) is 3. The molecule has 1 aromatic heterocycles. The van der Waals surface area contributed by atoms with Gasteiger partial charge in [-0.2, -0.15) is 0 Å². The molecule has 1 aliphatic heterocycles. The summed E-state index contributed by atoms with van der Waals surface area (Å²) in [6.45, 7) is 4.12. The van der Waals surface area contributed by atoms with E-state index in [1.165, 1.54) is 11.8 Å². The Bertz CT molecular complexity index is 1130. The molecule has 4 nitrogen and oxygen atoms in total. The summed E-state index contributed by atoms with van der Waals surface area (Å²) in [6.07, 6.45) is 5.20. The number of aromatic nitrogens is 1. The van der Waals surface area contributed by atoms with Crippen molar-refractivity contribution in [1.29, 1.82) is 0 Å². The molecule has 0 N–H and O–H groups in total. The average Bonchev–Trinajstić information content (AvgIpc) is 2.99. The van der Waals surface area contributed by atoms with Gasteiger partial charge in [0.25, 0.3) is 5.91 Å². The number of aliphatic imine (C=N–C) groups is 1. The van der Waals surface area contributed by atoms with E-state index in [1.54, 1.807) is 29.3 Å². The van der Waals surface area contributed by atoms with Crippen molar-refractivity contribution >= 4 is 57.0 Å². The Morgan fingerprint density at radius 3 is 2.79 bits per heavy atom. The zero-order chi connectivity index (χ0) is 19.5. The van der Waals surface area contributed by atoms with Crippen LogP contribution in [-0.4, -0.2) is 27.5 Å². The number of amidine groups is 1. The summed E-state index contributed by atoms with van der Waals surface area (Å²) in [5, 5.41) is 3.09. The summed E-state index contributed by atoms with van der Waals surface area (Å²) in [4.78, 5) is 23.8. The molecule has 3 aromatic rings. The van der Waals surface area contributed by atoms with Crippen molar-refractivity contribution in [2.45, 2.75) is 0 Å². The van der Waals surface area contributed by atoms with E-state index in [-0.39, 0.29) is 5.91 Å². The minimum atomic E-state index is -0.100. The van der Waals surface area contributed by atoms with E-state index in [2.05, 4.69) is 34.8 Å². The zero-order valence-corrected chi connectivity index (χ0v) is 16.5. The molecule has 0 unspecified atom stereocenters. The van der Waals surface area contributed by atoms with Crippen molar-refractivity contribution in [2.24, 2.45) is 4.99 Å². The third kappa shape index (κ3) is 3.59. The first-order chi connectivity index (χ1) is 13.7. The molecule has 2 aromatic carbocycles. The van der Waals surface area contributed by atoms with Gasteiger partial charge in [-0.25, -0.2) is 9.98 Å². The van der Waals surface area contributed by atoms with Crippen LogP contribution >= 0.6 is 23.4 Å². The smallest absolute Gasteiger partial charge is 0.267 e. The minimum absolute atomic E-state index is 0.100. The monoisotopic (exact) mass is 405 g/mol. The van der Waals surface area contributed by atoms with Gasteiger partial charge in [0.1, 0.15) is 5.69 Å². The summed E-state index contributed by atoms with van der Waals surface area (Å²) < 4.78 is 0. The Kier molecular flexibility index (Phi) is 5.28. The topological polar surface area (TPSA) is 45.6 Å². The van der Waals surface area contributed by atoms with Crippen LogP contribution in [0.15, 0.2) is 83.3 Å². The molecular weight excluding hydrogens is 390 g/mol. The normalized spacial score (nSPS) is 17.0. The van der Waals surface area contributed by atoms with Crippen LogP contribution in [0, 0.1) is 0 Å². The molecule has 0 radical (unpaired) electrons. The van der Waals surface area contributed by atoms with E-state index in [0.717, 1.165) is 16.3 Å². The van der Waals surface area contributed by atoms with Gasteiger partial charge in [-0.3, -0.25) is 9.69 Å². The highest BCUT2D eigenvalue weighted by molar-refractivity contribution is 8.18. The first-order valence-corrected chi connectivity index (χ1v) is 9.86. The second kappa shape index (κ2) is 8.00. The molecule has 4 rings (SSSR count). The molecule has 6 heteroatoms. The summed E-state index contributed by atoms with van der Waals surface area (Å²) >= 11 is 7.46. The first-order valence-electron chi connectivity index (χ1n) is 8.66. The standard InChI is InChI=1S/C22H16ClN3OS/c1-2-13-26-21(27)19(28-22(26)25-18-11-6-12-24-20(18)23)14-16-9-5-8-15-7-3-4-10-17(15)16/h2-12,14H,1,13H2/b19-14-,25-22?. The zero-order valence-electron chi connectivity index (χ0n) is 14.9. The lowest BCUT2D eigenvalue weighted by atomic mass is 10.0. The molecule has 0 atom stereocenters. The van der Waals surface area contributed by atoms with E-state index in [0.29, 0.717) is 27.5 Å². The molecule has 28 heavy (non-hydrogen) atoms. The van der Waals surface area contributed by atoms with Crippen molar-refractivity contribution in [3.8, 4) is 0 Å². The van der Waals surface area contributed by atoms with Crippen LogP contribution in [0.25, 0.3) is 16.8 Å². The molecule has 1 saturated heterocycles. The maximum Gasteiger partial charge on any atom is 0.267 e. The highest BCUT2D eigenvalue weighted by atomic mass is 35.5. The van der Waals surface area contributed by atoms with Crippen LogP contribution in [0.4, 0.5) is 5.69 Å². The van der Waals surface area contributed by atoms with Crippen molar-refractivity contribution in [3.63, 3.8) is 0 Å². The fourth-order valence-electron chi connectivity index (χ4n) is 2.96. The van der Waals surface area contributed by atoms with Crippen LogP contribution in [0.3, 0.4) is 0 Å². The number of carbonyl (C=O) groups excluding carboxylic acids is 1. The molecule has 138 valence electrons. The Morgan fingerprint density at radius 2 is 1.96 bits per heavy atom. The molecule has 0 spiro atoms. The number of carbonyl (C=O) groups is 1. The second-order valence-electron chi connectivity index (χ2n) is 6.09. The number of halogens is 1. The quantitative estimate of drug-likeness (QED) is 0.319. The largest absolute Gasteiger partial charge is 0.283 e. The van der Waals surface area contributed by atoms with Gasteiger partial charge in [-0.05, 0) is 46.3 Å². The Labute approximate surface area is 172 Å². The van der Waals surface area contributed by atoms with Crippen LogP contribution in [0.1, 0.15) is 5.56 Å². The van der Waals surface area contributed by atoms with Crippen molar-refractivity contribution in [2.75, 3.05) is 6.54 Å². The summed E-state index contributed by atoms with van der Waals surface area (Å²) in [5.74, 6) is -0.100. The number of fused-ring (bicyclic) bond motifs is 1. The number of pyridine rings is 1. The van der Waals surface area contributed by atoms with E-state index < -0.39 is 0 Å². The lowest BCUT2D eigenvalue weighted by Gasteiger charge is -2.12. The van der Waals surface area contributed by atoms with Crippen LogP contribution in [0.2, 0.25) is 5.15 Å². The number of thioether (sulfide) groups is 1. The lowest BCUT2D eigenvalue weighted by molar-refractivity contribution is -0.121. The number of benzene rings is 2. The Balaban J connectivity index is 1.76. The third-order valence-electron chi connectivity index (χ3n) is 4.27. The number of hydrogen-bond donors (Lipinski definition) is 0. The lowest BCUT2D eigenvalue weighted by Crippen LogP contribution is -2.29. The SMILES string of the molecule is C=CCN1C(=O)/C(=C/c2cccc3ccccc23)SC1=Nc1cccnc1Cl. The molecule has 1 aliphatic rings. The van der Waals surface area contributed by atoms with Gasteiger partial charge in [0, 0.05) is 12.7 Å². The van der Waals surface area contributed by atoms with E-state index >= 15 is 0 Å². The van der Waals surface area contributed by atoms with Gasteiger partial charge in [-0.15, -0.1) is 6.58 Å². The highest BCUT2D eigenvalue weighted by Gasteiger charge is 2.32. The Hall–Kier alpha value is -2.89. The second-order valence-corrected chi connectivity index (χ2v) is 7.46. The molecule has 0 aliphatic carbocycles. The number of rotatable bonds is 4. The van der Waals surface area contributed by atoms with Crippen molar-refractivity contribution < 1.29 is 4.79 Å². The van der Waals surface area contributed by atoms with E-state index in [9.17, 15) is 4.79 Å². The van der Waals surface area contributed by atoms with Crippen molar-refractivity contribution in [1.82, 2.24) is 9.88 Å². The van der Waals surface area contributed by atoms with Crippen molar-refractivity contribution in [3.05, 3.63) is 89.1 Å². The average molecular weight is 406 g/mol. The van der Waals surface area contributed by atoms with E-state index in [4.69, 9.17) is 11.6 Å². The molecule has 1 amide bonds. The van der Waals surface area contributed by atoms with Crippen LogP contribution in [0.5, 0.6) is 0 Å². The maximum atomic E-state index is 13.0. The summed E-state index contributed by atoms with van der Waals surface area (Å²) in [7, 11) is 0. The molecule has 0 saturated carbocycles. The minimum Gasteiger partial charge on any atom is -0.283 e. The molecule has 0 bridgehead atoms. The maximum absolute atomic E-state index is 13.0. The van der Waals surface area contributed by atoms with Gasteiger partial charge >= 0.3 is 0 Å². The van der Waals surface area contributed by atoms with Gasteiger partial charge in [0.05, 0.1) is 4.91 Å². The number of hydrogen-bond acceptors (Lipinski definition) is 4. The Morgan fingerprint density at radius 1 is 1.14 bits per heavy atom. The summed E-state index contributed by atoms with van der Waals surface area (Å²) in [6, 6.07) is 17.7. The van der Waals surface area contributed by atoms with Crippen LogP contribution in [-0.2, 0) is 4.79 Å². The number of amides is 1. The first kappa shape index (κ1) is 18.5. The molecular formula is C22H16ClN3OS. The van der Waals surface area contributed by atoms with Gasteiger partial charge in [0.15, 0.2) is 10.3 Å². The predicted octanol–water partition coefficient (Wildman–Crippen LogP) is 5.68. The fraction of sp³-hybridized carbons (Fsp3) is 0.0455. The molecule has 2 heterocycles. The van der Waals surface area contributed by atoms with Crippen LogP contribution < -0.4 is 0 Å². The fourth-order valence-corrected chi connectivity index (χ4v) is 4.12. The predicted molar refractivity (Wildman–Crippen MR) is 118 cm³/mol. The summed E-state index contributed by atoms with van der Waals surface area (Å²) in [5.41, 5.74) is 1.52. The van der Waals surface area contributed by atoms with Gasteiger partial charge in [-0.1, -0.05) is 60.1 Å². The van der Waals surface area contributed by atoms with E-state index in [1.807, 2.05) is 30.3 Å².